The lowest BCUT2D eigenvalue weighted by molar-refractivity contribution is -0.867. The van der Waals surface area contributed by atoms with Crippen LogP contribution in [0.3, 0.4) is 0 Å². The average Bonchev–Trinajstić information content (AvgIpc) is 3.89. The highest BCUT2D eigenvalue weighted by atomic mass is 33.1. The highest BCUT2D eigenvalue weighted by Crippen LogP contribution is 2.57. The number of aliphatic imine (C=N–C) groups is 1. The number of guanidine groups is 1. The van der Waals surface area contributed by atoms with E-state index in [1.165, 1.54) is 19.4 Å². The van der Waals surface area contributed by atoms with Gasteiger partial charge in [0.25, 0.3) is 0 Å². The fourth-order valence-electron chi connectivity index (χ4n) is 9.60. The van der Waals surface area contributed by atoms with Crippen molar-refractivity contribution < 1.29 is 79.0 Å². The molecular weight excluding hydrogens is 879 g/mol. The van der Waals surface area contributed by atoms with Crippen molar-refractivity contribution in [3.63, 3.8) is 0 Å². The van der Waals surface area contributed by atoms with Gasteiger partial charge in [-0.25, -0.2) is 9.59 Å². The fraction of sp³-hybridized carbons (Fsp3) is 0.690. The number of nitrogens with two attached hydrogens (primary N) is 1. The molecular formula is C42H64N5O15S2+. The molecule has 1 unspecified atom stereocenters. The van der Waals surface area contributed by atoms with E-state index in [4.69, 9.17) is 29.4 Å². The number of aliphatic hydroxyl groups is 7. The number of likely N-dealkylation sites (N-methyl/N-ethyl adjacent to an activating group) is 1. The highest BCUT2D eigenvalue weighted by Gasteiger charge is 2.58. The first-order valence-corrected chi connectivity index (χ1v) is 24.2. The van der Waals surface area contributed by atoms with Gasteiger partial charge in [0.1, 0.15) is 48.9 Å². The Labute approximate surface area is 379 Å². The maximum Gasteiger partial charge on any atom is 0.343 e. The third-order valence-corrected chi connectivity index (χ3v) is 15.7. The number of hydrogen-bond acceptors (Lipinski definition) is 18. The standard InChI is InChI=1S/C42H63N5O15S2/c1-3-25-26-8-7-23-15-47(16-27(36(53)54)33(23)46-40(43)45-13-6-14-48)24(17-49)21-63-64-22-29-30(9-12-41(29)10-4-5-11-41)59-37(55)28(26)20-58-38(25)62-39-35(61-32(19-51)44-2)42(56,57)34(52)31(18-50)60-39/h3,7-8,16,20,24-26,29-32,34-35,38-39,44,48-52,56-57H,1,4-6,9-15,17-19,21-22H2,2H3,(H,53,54)(H3,43,45,46)/p+1/b8-7+/t24-,25-,26+,29-,30-,31-,32-,34-,35+,38+,39+/m1/s1. The number of carboxylic acids is 1. The van der Waals surface area contributed by atoms with Crippen LogP contribution in [-0.2, 0) is 33.3 Å². The molecule has 4 aliphatic heterocycles. The zero-order chi connectivity index (χ0) is 46.2. The number of fused-ring (bicyclic) bond motifs is 5. The van der Waals surface area contributed by atoms with Gasteiger partial charge in [-0.2, -0.15) is 0 Å². The molecule has 22 heteroatoms. The smallest absolute Gasteiger partial charge is 0.343 e. The minimum Gasteiger partial charge on any atom is -0.477 e. The van der Waals surface area contributed by atoms with E-state index in [9.17, 15) is 50.4 Å². The van der Waals surface area contributed by atoms with Crippen LogP contribution in [0.2, 0.25) is 0 Å². The van der Waals surface area contributed by atoms with E-state index in [1.807, 2.05) is 0 Å². The first-order valence-electron chi connectivity index (χ1n) is 21.7. The van der Waals surface area contributed by atoms with Crippen molar-refractivity contribution in [1.29, 1.82) is 0 Å². The van der Waals surface area contributed by atoms with E-state index in [1.54, 1.807) is 39.9 Å². The number of rotatable bonds is 14. The molecule has 12 atom stereocenters. The average molecular weight is 943 g/mol. The second-order valence-corrected chi connectivity index (χ2v) is 19.5. The summed E-state index contributed by atoms with van der Waals surface area (Å²) in [6.45, 7) is 2.52. The maximum absolute atomic E-state index is 14.6. The normalized spacial score (nSPS) is 35.3. The largest absolute Gasteiger partial charge is 0.477 e. The first kappa shape index (κ1) is 50.3. The molecule has 0 aromatic heterocycles. The van der Waals surface area contributed by atoms with Crippen LogP contribution in [0.5, 0.6) is 0 Å². The van der Waals surface area contributed by atoms with Crippen LogP contribution in [-0.4, -0.2) is 172 Å². The molecule has 4 heterocycles. The molecule has 0 aromatic carbocycles. The quantitative estimate of drug-likeness (QED) is 0.0170. The Kier molecular flexibility index (Phi) is 17.8. The van der Waals surface area contributed by atoms with Crippen molar-refractivity contribution in [2.24, 2.45) is 33.9 Å². The number of esters is 1. The van der Waals surface area contributed by atoms with E-state index in [2.05, 4.69) is 22.2 Å². The summed E-state index contributed by atoms with van der Waals surface area (Å²) >= 11 is 0. The van der Waals surface area contributed by atoms with Gasteiger partial charge in [0.15, 0.2) is 18.4 Å². The molecule has 20 nitrogen and oxygen atoms in total. The Balaban J connectivity index is 1.44. The molecule has 2 bridgehead atoms. The molecule has 0 amide bonds. The monoisotopic (exact) mass is 942 g/mol. The van der Waals surface area contributed by atoms with Crippen LogP contribution in [0.4, 0.5) is 0 Å². The summed E-state index contributed by atoms with van der Waals surface area (Å²) in [5.41, 5.74) is 6.75. The van der Waals surface area contributed by atoms with Crippen LogP contribution in [0, 0.1) is 23.2 Å². The predicted octanol–water partition coefficient (Wildman–Crippen LogP) is -2.05. The minimum absolute atomic E-state index is 0.0266. The van der Waals surface area contributed by atoms with Crippen LogP contribution >= 0.6 is 21.6 Å². The van der Waals surface area contributed by atoms with E-state index in [0.717, 1.165) is 32.1 Å². The number of carbonyl (C=O) groups is 2. The number of aliphatic hydroxyl groups excluding tert-OH is 5. The predicted molar refractivity (Wildman–Crippen MR) is 233 cm³/mol. The fourth-order valence-corrected chi connectivity index (χ4v) is 12.5. The number of nitrogens with zero attached hydrogens (tertiary/aromatic N) is 1. The van der Waals surface area contributed by atoms with Crippen molar-refractivity contribution in [3.05, 3.63) is 59.7 Å². The van der Waals surface area contributed by atoms with Gasteiger partial charge in [-0.3, -0.25) is 15.2 Å². The van der Waals surface area contributed by atoms with Crippen molar-refractivity contribution in [3.8, 4) is 0 Å². The Bertz CT molecular complexity index is 1800. The Morgan fingerprint density at radius 3 is 2.55 bits per heavy atom. The van der Waals surface area contributed by atoms with Gasteiger partial charge in [-0.05, 0) is 44.6 Å². The second kappa shape index (κ2) is 22.6. The highest BCUT2D eigenvalue weighted by molar-refractivity contribution is 8.76. The van der Waals surface area contributed by atoms with Gasteiger partial charge in [0.2, 0.25) is 12.1 Å². The zero-order valence-corrected chi connectivity index (χ0v) is 37.5. The van der Waals surface area contributed by atoms with Crippen molar-refractivity contribution in [1.82, 2.24) is 10.6 Å². The molecule has 6 aliphatic rings. The number of ether oxygens (including phenoxy) is 5. The second-order valence-electron chi connectivity index (χ2n) is 17.0. The number of hydrogen-bond donors (Lipinski definition) is 12. The number of carboxylic acid groups (broad SMARTS) is 1. The van der Waals surface area contributed by atoms with Crippen LogP contribution < -0.4 is 21.3 Å². The lowest BCUT2D eigenvalue weighted by Gasteiger charge is -2.48. The summed E-state index contributed by atoms with van der Waals surface area (Å²) in [6, 6.07) is -0.416. The summed E-state index contributed by atoms with van der Waals surface area (Å²) in [4.78, 5) is 32.5. The van der Waals surface area contributed by atoms with Gasteiger partial charge < -0.3 is 75.6 Å². The van der Waals surface area contributed by atoms with E-state index >= 15 is 0 Å². The minimum atomic E-state index is -3.08. The zero-order valence-electron chi connectivity index (χ0n) is 35.8. The number of carbonyl (C=O) groups excluding carboxylic acids is 1. The maximum atomic E-state index is 14.6. The topological polar surface area (TPSA) is 309 Å². The molecule has 1 spiro atoms. The molecule has 3 fully saturated rings. The van der Waals surface area contributed by atoms with Gasteiger partial charge in [-0.15, -0.1) is 6.58 Å². The third-order valence-electron chi connectivity index (χ3n) is 13.2. The van der Waals surface area contributed by atoms with Crippen molar-refractivity contribution in [2.75, 3.05) is 58.1 Å². The summed E-state index contributed by atoms with van der Waals surface area (Å²) in [5, 5.41) is 89.2. The molecule has 1 saturated heterocycles. The van der Waals surface area contributed by atoms with Crippen molar-refractivity contribution in [2.45, 2.75) is 100.0 Å². The van der Waals surface area contributed by atoms with Crippen LogP contribution in [0.25, 0.3) is 0 Å². The molecule has 13 N–H and O–H groups in total. The van der Waals surface area contributed by atoms with Gasteiger partial charge in [0, 0.05) is 36.3 Å². The summed E-state index contributed by atoms with van der Waals surface area (Å²) in [7, 11) is 4.69. The SMILES string of the molecule is C=C[C@H]1[C@H](O[C@@H]2O[C@H](CO)[C@@H](O)C(O)(O)[C@H]2O[C@H](CO)NC)OC=C2C(=O)O[C@@H]3CCC4(CCCC4)[C@@H]3CSSC[C@@H](CO)[NH+]3C=C(C(=O)O)C(NC(N)=NCCCO)=C(/C=C/[C@H]21)C3. The number of aliphatic carboxylic acids is 1. The van der Waals surface area contributed by atoms with Gasteiger partial charge >= 0.3 is 11.9 Å². The van der Waals surface area contributed by atoms with Crippen LogP contribution in [0.15, 0.2) is 64.7 Å². The van der Waals surface area contributed by atoms with E-state index < -0.39 is 92.0 Å². The number of nitrogens with one attached hydrogen (secondary N) is 3. The first-order chi connectivity index (χ1) is 30.7. The number of allylic oxidation sites excluding steroid dienone is 1. The number of quaternary nitrogens is 1. The lowest BCUT2D eigenvalue weighted by atomic mass is 9.77. The van der Waals surface area contributed by atoms with Crippen molar-refractivity contribution >= 4 is 39.5 Å². The molecule has 0 aromatic rings. The summed E-state index contributed by atoms with van der Waals surface area (Å²) < 4.78 is 30.4. The Morgan fingerprint density at radius 2 is 1.89 bits per heavy atom. The lowest BCUT2D eigenvalue weighted by Crippen LogP contribution is -3.13. The van der Waals surface area contributed by atoms with E-state index in [0.29, 0.717) is 34.8 Å². The molecule has 6 rings (SSSR count). The molecule has 64 heavy (non-hydrogen) atoms. The Hall–Kier alpha value is -3.07. The van der Waals surface area contributed by atoms with Gasteiger partial charge in [-0.1, -0.05) is 52.7 Å². The molecule has 358 valence electrons. The van der Waals surface area contributed by atoms with E-state index in [-0.39, 0.29) is 60.4 Å². The van der Waals surface area contributed by atoms with Gasteiger partial charge in [0.05, 0.1) is 49.0 Å². The van der Waals surface area contributed by atoms with Crippen LogP contribution in [0.1, 0.15) is 44.9 Å². The molecule has 0 radical (unpaired) electrons. The third kappa shape index (κ3) is 11.0. The molecule has 2 saturated carbocycles. The summed E-state index contributed by atoms with van der Waals surface area (Å²) in [5.74, 6) is -5.79. The summed E-state index contributed by atoms with van der Waals surface area (Å²) in [6.07, 6.45) is 3.39. The molecule has 2 aliphatic carbocycles. The Morgan fingerprint density at radius 1 is 1.14 bits per heavy atom.